The van der Waals surface area contributed by atoms with Gasteiger partial charge in [-0.3, -0.25) is 14.5 Å². The number of nitrogens with zero attached hydrogens (tertiary/aromatic N) is 6. The second-order valence-corrected chi connectivity index (χ2v) is 6.61. The van der Waals surface area contributed by atoms with Gasteiger partial charge in [0.25, 0.3) is 0 Å². The molecule has 1 N–H and O–H groups in total. The molecule has 1 aliphatic rings. The summed E-state index contributed by atoms with van der Waals surface area (Å²) in [5, 5.41) is 7.66. The molecule has 1 amide bonds. The van der Waals surface area contributed by atoms with E-state index in [0.717, 1.165) is 44.2 Å². The minimum Gasteiger partial charge on any atom is -0.357 e. The maximum absolute atomic E-state index is 11.5. The third-order valence-corrected chi connectivity index (χ3v) is 4.51. The summed E-state index contributed by atoms with van der Waals surface area (Å²) >= 11 is 0. The van der Waals surface area contributed by atoms with E-state index >= 15 is 0 Å². The Morgan fingerprint density at radius 3 is 2.38 bits per heavy atom. The molecule has 26 heavy (non-hydrogen) atoms. The van der Waals surface area contributed by atoms with Crippen LogP contribution in [0.4, 0.5) is 0 Å². The summed E-state index contributed by atoms with van der Waals surface area (Å²) in [6, 6.07) is 0.181. The van der Waals surface area contributed by atoms with E-state index in [1.165, 1.54) is 0 Å². The number of nitrogens with one attached hydrogen (secondary N) is 1. The SMILES string of the molecule is CCNC(=NCC(c1cnn(C)c1)N(C)C)N1CCN(C(C)=O)CC1.I. The Kier molecular flexibility index (Phi) is 9.34. The second-order valence-electron chi connectivity index (χ2n) is 6.61. The number of aryl methyl sites for hydroxylation is 1. The van der Waals surface area contributed by atoms with Gasteiger partial charge < -0.3 is 20.0 Å². The van der Waals surface area contributed by atoms with Crippen molar-refractivity contribution < 1.29 is 4.79 Å². The number of amides is 1. The van der Waals surface area contributed by atoms with Crippen LogP contribution in [0.2, 0.25) is 0 Å². The first-order valence-electron chi connectivity index (χ1n) is 8.86. The summed E-state index contributed by atoms with van der Waals surface area (Å²) in [6.45, 7) is 8.31. The number of piperazine rings is 1. The average molecular weight is 477 g/mol. The highest BCUT2D eigenvalue weighted by atomic mass is 127. The summed E-state index contributed by atoms with van der Waals surface area (Å²) in [5.41, 5.74) is 1.16. The smallest absolute Gasteiger partial charge is 0.219 e. The van der Waals surface area contributed by atoms with Gasteiger partial charge in [-0.25, -0.2) is 0 Å². The van der Waals surface area contributed by atoms with Crippen molar-refractivity contribution in [1.82, 2.24) is 29.8 Å². The minimum atomic E-state index is 0. The molecule has 8 nitrogen and oxygen atoms in total. The summed E-state index contributed by atoms with van der Waals surface area (Å²) < 4.78 is 1.82. The molecular weight excluding hydrogens is 445 g/mol. The van der Waals surface area contributed by atoms with Crippen molar-refractivity contribution in [1.29, 1.82) is 0 Å². The highest BCUT2D eigenvalue weighted by molar-refractivity contribution is 14.0. The van der Waals surface area contributed by atoms with Crippen molar-refractivity contribution >= 4 is 35.8 Å². The van der Waals surface area contributed by atoms with Crippen molar-refractivity contribution in [2.75, 3.05) is 53.4 Å². The summed E-state index contributed by atoms with van der Waals surface area (Å²) in [5.74, 6) is 1.06. The summed E-state index contributed by atoms with van der Waals surface area (Å²) in [7, 11) is 6.05. The van der Waals surface area contributed by atoms with E-state index in [1.807, 2.05) is 29.0 Å². The molecule has 0 bridgehead atoms. The van der Waals surface area contributed by atoms with Gasteiger partial charge in [0.05, 0.1) is 18.8 Å². The standard InChI is InChI=1S/C17H31N7O.HI/c1-6-18-17(24-9-7-23(8-10-24)14(2)25)19-12-16(21(3)4)15-11-20-22(5)13-15;/h11,13,16H,6-10,12H2,1-5H3,(H,18,19);1H. The van der Waals surface area contributed by atoms with Gasteiger partial charge in [0, 0.05) is 58.5 Å². The molecule has 9 heteroatoms. The minimum absolute atomic E-state index is 0. The number of likely N-dealkylation sites (N-methyl/N-ethyl adjacent to an activating group) is 1. The lowest BCUT2D eigenvalue weighted by atomic mass is 10.1. The first kappa shape index (κ1) is 22.7. The van der Waals surface area contributed by atoms with Crippen LogP contribution in [0.1, 0.15) is 25.5 Å². The fraction of sp³-hybridized carbons (Fsp3) is 0.706. The van der Waals surface area contributed by atoms with Crippen LogP contribution in [0.25, 0.3) is 0 Å². The van der Waals surface area contributed by atoms with E-state index in [-0.39, 0.29) is 35.9 Å². The molecule has 2 rings (SSSR count). The molecule has 1 unspecified atom stereocenters. The van der Waals surface area contributed by atoms with Gasteiger partial charge in [0.2, 0.25) is 5.91 Å². The molecule has 1 aromatic heterocycles. The van der Waals surface area contributed by atoms with Gasteiger partial charge in [-0.1, -0.05) is 0 Å². The van der Waals surface area contributed by atoms with Crippen LogP contribution >= 0.6 is 24.0 Å². The molecule has 0 aliphatic carbocycles. The van der Waals surface area contributed by atoms with Gasteiger partial charge in [-0.15, -0.1) is 24.0 Å². The highest BCUT2D eigenvalue weighted by Crippen LogP contribution is 2.18. The fourth-order valence-electron chi connectivity index (χ4n) is 3.01. The van der Waals surface area contributed by atoms with Crippen LogP contribution in [0, 0.1) is 0 Å². The van der Waals surface area contributed by atoms with Gasteiger partial charge in [0.1, 0.15) is 0 Å². The topological polar surface area (TPSA) is 69.0 Å². The lowest BCUT2D eigenvalue weighted by Gasteiger charge is -2.36. The zero-order chi connectivity index (χ0) is 18.4. The molecule has 0 saturated carbocycles. The largest absolute Gasteiger partial charge is 0.357 e. The quantitative estimate of drug-likeness (QED) is 0.386. The van der Waals surface area contributed by atoms with E-state index in [1.54, 1.807) is 6.92 Å². The van der Waals surface area contributed by atoms with Crippen LogP contribution in [0.3, 0.4) is 0 Å². The Morgan fingerprint density at radius 1 is 1.31 bits per heavy atom. The molecular formula is C17H32IN7O. The van der Waals surface area contributed by atoms with E-state index in [2.05, 4.69) is 41.2 Å². The Hall–Kier alpha value is -1.36. The predicted octanol–water partition coefficient (Wildman–Crippen LogP) is 0.770. The van der Waals surface area contributed by atoms with Crippen LogP contribution in [0.5, 0.6) is 0 Å². The second kappa shape index (κ2) is 10.7. The zero-order valence-corrected chi connectivity index (χ0v) is 18.8. The van der Waals surface area contributed by atoms with Crippen molar-refractivity contribution in [2.24, 2.45) is 12.0 Å². The lowest BCUT2D eigenvalue weighted by molar-refractivity contribution is -0.130. The van der Waals surface area contributed by atoms with Crippen LogP contribution in [-0.4, -0.2) is 89.7 Å². The molecule has 1 fully saturated rings. The highest BCUT2D eigenvalue weighted by Gasteiger charge is 2.22. The lowest BCUT2D eigenvalue weighted by Crippen LogP contribution is -2.53. The number of aromatic nitrogens is 2. The first-order valence-corrected chi connectivity index (χ1v) is 8.86. The third kappa shape index (κ3) is 6.11. The molecule has 0 spiro atoms. The normalized spacial score (nSPS) is 16.5. The molecule has 1 aromatic rings. The predicted molar refractivity (Wildman–Crippen MR) is 115 cm³/mol. The van der Waals surface area contributed by atoms with Gasteiger partial charge in [0.15, 0.2) is 5.96 Å². The van der Waals surface area contributed by atoms with Crippen LogP contribution in [-0.2, 0) is 11.8 Å². The monoisotopic (exact) mass is 477 g/mol. The number of hydrogen-bond donors (Lipinski definition) is 1. The molecule has 1 aliphatic heterocycles. The van der Waals surface area contributed by atoms with Crippen molar-refractivity contribution in [3.05, 3.63) is 18.0 Å². The average Bonchev–Trinajstić information content (AvgIpc) is 3.00. The fourth-order valence-corrected chi connectivity index (χ4v) is 3.01. The van der Waals surface area contributed by atoms with Crippen molar-refractivity contribution in [3.8, 4) is 0 Å². The summed E-state index contributed by atoms with van der Waals surface area (Å²) in [4.78, 5) is 22.6. The molecule has 0 aromatic carbocycles. The van der Waals surface area contributed by atoms with Crippen molar-refractivity contribution in [3.63, 3.8) is 0 Å². The van der Waals surface area contributed by atoms with E-state index in [4.69, 9.17) is 4.99 Å². The number of guanidine groups is 1. The number of carbonyl (C=O) groups is 1. The third-order valence-electron chi connectivity index (χ3n) is 4.51. The van der Waals surface area contributed by atoms with E-state index < -0.39 is 0 Å². The number of rotatable bonds is 5. The van der Waals surface area contributed by atoms with E-state index in [0.29, 0.717) is 6.54 Å². The maximum Gasteiger partial charge on any atom is 0.219 e. The van der Waals surface area contributed by atoms with Gasteiger partial charge >= 0.3 is 0 Å². The number of hydrogen-bond acceptors (Lipinski definition) is 4. The Bertz CT molecular complexity index is 594. The van der Waals surface area contributed by atoms with Crippen molar-refractivity contribution in [2.45, 2.75) is 19.9 Å². The molecule has 148 valence electrons. The molecule has 2 heterocycles. The first-order chi connectivity index (χ1) is 11.9. The van der Waals surface area contributed by atoms with Crippen LogP contribution < -0.4 is 5.32 Å². The molecule has 1 saturated heterocycles. The number of carbonyl (C=O) groups excluding carboxylic acids is 1. The number of aliphatic imine (C=N–C) groups is 1. The van der Waals surface area contributed by atoms with Gasteiger partial charge in [-0.2, -0.15) is 5.10 Å². The Labute approximate surface area is 173 Å². The Morgan fingerprint density at radius 2 is 1.92 bits per heavy atom. The molecule has 0 radical (unpaired) electrons. The maximum atomic E-state index is 11.5. The molecule has 1 atom stereocenters. The summed E-state index contributed by atoms with van der Waals surface area (Å²) in [6.07, 6.45) is 3.94. The zero-order valence-electron chi connectivity index (χ0n) is 16.5. The van der Waals surface area contributed by atoms with E-state index in [9.17, 15) is 4.79 Å². The number of halogens is 1. The van der Waals surface area contributed by atoms with Gasteiger partial charge in [-0.05, 0) is 21.0 Å². The Balaban J connectivity index is 0.00000338. The van der Waals surface area contributed by atoms with Crippen LogP contribution in [0.15, 0.2) is 17.4 Å².